The average molecular weight is 189 g/mol. The van der Waals surface area contributed by atoms with Gasteiger partial charge in [-0.25, -0.2) is 0 Å². The molecule has 3 nitrogen and oxygen atoms in total. The third-order valence-corrected chi connectivity index (χ3v) is 1.85. The number of nitrogens with zero attached hydrogens (tertiary/aromatic N) is 1. The molecule has 0 atom stereocenters. The Morgan fingerprint density at radius 1 is 1.43 bits per heavy atom. The van der Waals surface area contributed by atoms with Crippen molar-refractivity contribution in [1.29, 1.82) is 0 Å². The van der Waals surface area contributed by atoms with Gasteiger partial charge < -0.3 is 10.0 Å². The zero-order valence-electron chi connectivity index (χ0n) is 8.01. The monoisotopic (exact) mass is 189 g/mol. The first-order valence-electron chi connectivity index (χ1n) is 4.31. The lowest BCUT2D eigenvalue weighted by molar-refractivity contribution is 0.426. The summed E-state index contributed by atoms with van der Waals surface area (Å²) in [5.74, 6) is 0. The van der Waals surface area contributed by atoms with E-state index in [1.165, 1.54) is 0 Å². The molecule has 14 heavy (non-hydrogen) atoms. The Labute approximate surface area is 83.6 Å². The van der Waals surface area contributed by atoms with Crippen molar-refractivity contribution in [3.63, 3.8) is 0 Å². The Kier molecular flexibility index (Phi) is 3.62. The third-order valence-electron chi connectivity index (χ3n) is 1.85. The lowest BCUT2D eigenvalue weighted by atomic mass is 9.78. The summed E-state index contributed by atoms with van der Waals surface area (Å²) < 4.78 is 0. The number of benzene rings is 1. The molecule has 0 bridgehead atoms. The SMILES string of the molecule is C=Cc1cccc(B(O)O)c1N=CC. The van der Waals surface area contributed by atoms with E-state index < -0.39 is 7.12 Å². The molecule has 0 aromatic heterocycles. The molecule has 4 heteroatoms. The molecular weight excluding hydrogens is 177 g/mol. The van der Waals surface area contributed by atoms with Gasteiger partial charge in [0.1, 0.15) is 0 Å². The molecule has 0 spiro atoms. The van der Waals surface area contributed by atoms with Crippen molar-refractivity contribution in [3.05, 3.63) is 30.3 Å². The fourth-order valence-corrected chi connectivity index (χ4v) is 1.23. The molecule has 0 aliphatic rings. The van der Waals surface area contributed by atoms with Crippen molar-refractivity contribution < 1.29 is 10.0 Å². The van der Waals surface area contributed by atoms with E-state index in [-0.39, 0.29) is 0 Å². The minimum Gasteiger partial charge on any atom is -0.423 e. The van der Waals surface area contributed by atoms with E-state index in [2.05, 4.69) is 11.6 Å². The van der Waals surface area contributed by atoms with Gasteiger partial charge in [0.2, 0.25) is 0 Å². The van der Waals surface area contributed by atoms with Gasteiger partial charge in [0, 0.05) is 11.7 Å². The van der Waals surface area contributed by atoms with E-state index in [4.69, 9.17) is 10.0 Å². The first-order valence-corrected chi connectivity index (χ1v) is 4.31. The van der Waals surface area contributed by atoms with Gasteiger partial charge in [-0.1, -0.05) is 30.9 Å². The minimum absolute atomic E-state index is 0.389. The van der Waals surface area contributed by atoms with Crippen molar-refractivity contribution in [2.45, 2.75) is 6.92 Å². The standard InChI is InChI=1S/C10H12BNO2/c1-3-8-6-5-7-9(11(13)14)10(8)12-4-2/h3-7,13-14H,1H2,2H3. The van der Waals surface area contributed by atoms with Crippen LogP contribution in [0.3, 0.4) is 0 Å². The molecular formula is C10H12BNO2. The summed E-state index contributed by atoms with van der Waals surface area (Å²) in [5, 5.41) is 18.2. The Morgan fingerprint density at radius 3 is 2.64 bits per heavy atom. The smallest absolute Gasteiger partial charge is 0.423 e. The van der Waals surface area contributed by atoms with Crippen LogP contribution in [0.15, 0.2) is 29.8 Å². The van der Waals surface area contributed by atoms with Crippen molar-refractivity contribution in [1.82, 2.24) is 0 Å². The Morgan fingerprint density at radius 2 is 2.14 bits per heavy atom. The van der Waals surface area contributed by atoms with Crippen LogP contribution in [-0.2, 0) is 0 Å². The van der Waals surface area contributed by atoms with Crippen molar-refractivity contribution in [2.75, 3.05) is 0 Å². The quantitative estimate of drug-likeness (QED) is 0.544. The van der Waals surface area contributed by atoms with E-state index in [1.54, 1.807) is 31.3 Å². The lowest BCUT2D eigenvalue weighted by Crippen LogP contribution is -2.30. The Balaban J connectivity index is 3.34. The molecule has 0 aliphatic carbocycles. The van der Waals surface area contributed by atoms with E-state index >= 15 is 0 Å². The summed E-state index contributed by atoms with van der Waals surface area (Å²) in [4.78, 5) is 4.08. The Bertz CT molecular complexity index is 361. The third kappa shape index (κ3) is 2.10. The summed E-state index contributed by atoms with van der Waals surface area (Å²) in [5.41, 5.74) is 1.73. The van der Waals surface area contributed by atoms with Crippen molar-refractivity contribution >= 4 is 30.6 Å². The van der Waals surface area contributed by atoms with Gasteiger partial charge in [0.05, 0.1) is 5.69 Å². The summed E-state index contributed by atoms with van der Waals surface area (Å²) in [6, 6.07) is 5.18. The van der Waals surface area contributed by atoms with Crippen LogP contribution in [0.4, 0.5) is 5.69 Å². The van der Waals surface area contributed by atoms with Gasteiger partial charge in [0.25, 0.3) is 0 Å². The molecule has 0 saturated heterocycles. The highest BCUT2D eigenvalue weighted by molar-refractivity contribution is 6.60. The maximum Gasteiger partial charge on any atom is 0.490 e. The molecule has 2 N–H and O–H groups in total. The second-order valence-corrected chi connectivity index (χ2v) is 2.75. The van der Waals surface area contributed by atoms with Crippen LogP contribution in [0.5, 0.6) is 0 Å². The topological polar surface area (TPSA) is 52.8 Å². The summed E-state index contributed by atoms with van der Waals surface area (Å²) in [6.45, 7) is 5.41. The van der Waals surface area contributed by atoms with Gasteiger partial charge in [-0.05, 0) is 12.5 Å². The van der Waals surface area contributed by atoms with E-state index in [9.17, 15) is 0 Å². The number of para-hydroxylation sites is 1. The zero-order chi connectivity index (χ0) is 10.6. The Hall–Kier alpha value is -1.39. The summed E-state index contributed by atoms with van der Waals surface area (Å²) in [7, 11) is -1.51. The van der Waals surface area contributed by atoms with Gasteiger partial charge >= 0.3 is 7.12 Å². The maximum atomic E-state index is 9.10. The van der Waals surface area contributed by atoms with Gasteiger partial charge in [0.15, 0.2) is 0 Å². The van der Waals surface area contributed by atoms with Gasteiger partial charge in [-0.15, -0.1) is 0 Å². The number of hydrogen-bond acceptors (Lipinski definition) is 3. The molecule has 0 amide bonds. The maximum absolute atomic E-state index is 9.10. The van der Waals surface area contributed by atoms with Crippen LogP contribution in [0.1, 0.15) is 12.5 Å². The molecule has 1 aromatic rings. The highest BCUT2D eigenvalue weighted by Gasteiger charge is 2.16. The van der Waals surface area contributed by atoms with Crippen LogP contribution < -0.4 is 5.46 Å². The molecule has 0 heterocycles. The number of hydrogen-bond donors (Lipinski definition) is 2. The van der Waals surface area contributed by atoms with Gasteiger partial charge in [-0.2, -0.15) is 0 Å². The van der Waals surface area contributed by atoms with E-state index in [0.29, 0.717) is 11.2 Å². The lowest BCUT2D eigenvalue weighted by Gasteiger charge is -2.07. The highest BCUT2D eigenvalue weighted by atomic mass is 16.4. The molecule has 0 radical (unpaired) electrons. The normalized spacial score (nSPS) is 10.5. The van der Waals surface area contributed by atoms with Crippen molar-refractivity contribution in [2.24, 2.45) is 4.99 Å². The van der Waals surface area contributed by atoms with E-state index in [1.807, 2.05) is 6.07 Å². The van der Waals surface area contributed by atoms with Crippen molar-refractivity contribution in [3.8, 4) is 0 Å². The van der Waals surface area contributed by atoms with Crippen LogP contribution in [0.2, 0.25) is 0 Å². The molecule has 1 rings (SSSR count). The second-order valence-electron chi connectivity index (χ2n) is 2.75. The summed E-state index contributed by atoms with van der Waals surface area (Å²) in [6.07, 6.45) is 3.24. The molecule has 72 valence electrons. The number of aliphatic imine (C=N–C) groups is 1. The minimum atomic E-state index is -1.51. The molecule has 1 aromatic carbocycles. The highest BCUT2D eigenvalue weighted by Crippen LogP contribution is 2.17. The fraction of sp³-hybridized carbons (Fsp3) is 0.100. The first-order chi connectivity index (χ1) is 6.70. The average Bonchev–Trinajstić information content (AvgIpc) is 2.18. The largest absolute Gasteiger partial charge is 0.490 e. The van der Waals surface area contributed by atoms with Crippen LogP contribution in [0.25, 0.3) is 6.08 Å². The molecule has 0 aliphatic heterocycles. The zero-order valence-corrected chi connectivity index (χ0v) is 8.01. The predicted octanol–water partition coefficient (Wildman–Crippen LogP) is 0.732. The molecule has 0 saturated carbocycles. The molecule has 0 fully saturated rings. The summed E-state index contributed by atoms with van der Waals surface area (Å²) >= 11 is 0. The van der Waals surface area contributed by atoms with Crippen LogP contribution >= 0.6 is 0 Å². The van der Waals surface area contributed by atoms with E-state index in [0.717, 1.165) is 5.56 Å². The fourth-order valence-electron chi connectivity index (χ4n) is 1.23. The molecule has 0 unspecified atom stereocenters. The van der Waals surface area contributed by atoms with Crippen LogP contribution in [-0.4, -0.2) is 23.4 Å². The van der Waals surface area contributed by atoms with Crippen LogP contribution in [0, 0.1) is 0 Å². The predicted molar refractivity (Wildman–Crippen MR) is 60.2 cm³/mol. The number of rotatable bonds is 3. The first kappa shape index (κ1) is 10.7. The second kappa shape index (κ2) is 4.74. The van der Waals surface area contributed by atoms with Gasteiger partial charge in [-0.3, -0.25) is 4.99 Å².